The normalized spacial score (nSPS) is 22.5. The van der Waals surface area contributed by atoms with E-state index in [1.807, 2.05) is 0 Å². The third-order valence-electron chi connectivity index (χ3n) is 9.99. The van der Waals surface area contributed by atoms with Crippen LogP contribution in [0.1, 0.15) is 38.2 Å². The Balaban J connectivity index is 1.26. The van der Waals surface area contributed by atoms with Crippen LogP contribution in [0.2, 0.25) is 0 Å². The lowest BCUT2D eigenvalue weighted by atomic mass is 9.92. The Morgan fingerprint density at radius 3 is 2.49 bits per heavy atom. The minimum absolute atomic E-state index is 0.0233. The van der Waals surface area contributed by atoms with Crippen LogP contribution in [0.5, 0.6) is 11.8 Å². The van der Waals surface area contributed by atoms with Crippen LogP contribution in [0, 0.1) is 41.1 Å². The Morgan fingerprint density at radius 1 is 1.04 bits per heavy atom. The molecule has 45 heavy (non-hydrogen) atoms. The van der Waals surface area contributed by atoms with Gasteiger partial charge in [-0.2, -0.15) is 9.97 Å². The number of benzene rings is 3. The van der Waals surface area contributed by atoms with E-state index in [0.717, 1.165) is 45.3 Å². The predicted molar refractivity (Wildman–Crippen MR) is 167 cm³/mol. The van der Waals surface area contributed by atoms with E-state index in [1.54, 1.807) is 0 Å². The fraction of sp³-hybridized carbons (Fsp3) is 0.429. The van der Waals surface area contributed by atoms with E-state index in [2.05, 4.69) is 32.9 Å². The van der Waals surface area contributed by atoms with Crippen LogP contribution < -0.4 is 15.0 Å². The van der Waals surface area contributed by atoms with Gasteiger partial charge in [0.2, 0.25) is 0 Å². The molecule has 4 aliphatic rings. The van der Waals surface area contributed by atoms with Crippen LogP contribution in [0.25, 0.3) is 32.8 Å². The van der Waals surface area contributed by atoms with Gasteiger partial charge in [0.15, 0.2) is 5.82 Å². The van der Waals surface area contributed by atoms with Gasteiger partial charge in [0.1, 0.15) is 28.7 Å². The molecule has 232 valence electrons. The Morgan fingerprint density at radius 2 is 1.80 bits per heavy atom. The molecule has 3 aliphatic heterocycles. The number of terminal acetylenes is 1. The van der Waals surface area contributed by atoms with Gasteiger partial charge in [-0.15, -0.1) is 6.42 Å². The maximum absolute atomic E-state index is 16.8. The first-order valence-electron chi connectivity index (χ1n) is 15.7. The maximum Gasteiger partial charge on any atom is 0.319 e. The molecule has 4 aromatic rings. The minimum atomic E-state index is -0.952. The molecule has 2 N–H and O–H groups in total. The number of aromatic nitrogens is 2. The molecule has 10 heteroatoms. The molecule has 1 aromatic heterocycles. The third-order valence-corrected chi connectivity index (χ3v) is 9.99. The number of piperazine rings is 1. The number of phenolic OH excluding ortho intramolecular Hbond substituents is 1. The van der Waals surface area contributed by atoms with Crippen molar-refractivity contribution in [2.45, 2.75) is 44.7 Å². The number of fused-ring (bicyclic) bond motifs is 4. The zero-order chi connectivity index (χ0) is 31.0. The van der Waals surface area contributed by atoms with Crippen molar-refractivity contribution >= 4 is 27.5 Å². The van der Waals surface area contributed by atoms with Crippen molar-refractivity contribution in [2.24, 2.45) is 11.3 Å². The molecule has 2 unspecified atom stereocenters. The lowest BCUT2D eigenvalue weighted by Gasteiger charge is -2.39. The summed E-state index contributed by atoms with van der Waals surface area (Å²) < 4.78 is 54.1. The number of aromatic hydroxyl groups is 1. The zero-order valence-electron chi connectivity index (χ0n) is 25.0. The highest BCUT2D eigenvalue weighted by molar-refractivity contribution is 6.04. The monoisotopic (exact) mass is 613 g/mol. The van der Waals surface area contributed by atoms with Crippen LogP contribution in [0.4, 0.5) is 19.0 Å². The van der Waals surface area contributed by atoms with Gasteiger partial charge in [-0.3, -0.25) is 0 Å². The van der Waals surface area contributed by atoms with Crippen molar-refractivity contribution in [3.8, 4) is 35.2 Å². The molecule has 3 aromatic carbocycles. The fourth-order valence-corrected chi connectivity index (χ4v) is 7.62. The number of likely N-dealkylation sites (tertiary alicyclic amines) is 1. The van der Waals surface area contributed by atoms with Gasteiger partial charge in [0.25, 0.3) is 0 Å². The van der Waals surface area contributed by atoms with E-state index in [4.69, 9.17) is 16.1 Å². The van der Waals surface area contributed by atoms with Crippen LogP contribution in [-0.4, -0.2) is 71.4 Å². The summed E-state index contributed by atoms with van der Waals surface area (Å²) in [6, 6.07) is 6.98. The van der Waals surface area contributed by atoms with Crippen LogP contribution in [0.3, 0.4) is 0 Å². The molecular formula is C35H34F3N5O2. The van der Waals surface area contributed by atoms with Crippen molar-refractivity contribution in [1.82, 2.24) is 20.2 Å². The summed E-state index contributed by atoms with van der Waals surface area (Å²) in [5.41, 5.74) is -0.731. The highest BCUT2D eigenvalue weighted by Gasteiger charge is 2.46. The molecule has 4 heterocycles. The molecule has 1 aliphatic carbocycles. The average molecular weight is 614 g/mol. The second-order valence-electron chi connectivity index (χ2n) is 13.6. The van der Waals surface area contributed by atoms with Crippen molar-refractivity contribution in [1.29, 1.82) is 0 Å². The van der Waals surface area contributed by atoms with Crippen LogP contribution in [0.15, 0.2) is 30.3 Å². The van der Waals surface area contributed by atoms with Gasteiger partial charge in [0.05, 0.1) is 17.7 Å². The molecule has 8 rings (SSSR count). The second kappa shape index (κ2) is 10.5. The van der Waals surface area contributed by atoms with Gasteiger partial charge in [-0.25, -0.2) is 13.2 Å². The summed E-state index contributed by atoms with van der Waals surface area (Å²) >= 11 is 0. The number of hydrogen-bond acceptors (Lipinski definition) is 7. The smallest absolute Gasteiger partial charge is 0.319 e. The van der Waals surface area contributed by atoms with Gasteiger partial charge >= 0.3 is 6.01 Å². The Labute approximate surface area is 259 Å². The number of hydrogen-bond donors (Lipinski definition) is 2. The summed E-state index contributed by atoms with van der Waals surface area (Å²) in [6.07, 6.45) is 9.79. The molecule has 0 radical (unpaired) electrons. The molecular weight excluding hydrogens is 579 g/mol. The van der Waals surface area contributed by atoms with E-state index in [1.165, 1.54) is 30.3 Å². The standard InChI is InChI=1S/C35H34F3N5O2/c1-3-24-27(36)7-4-20-10-23(44)11-25(29(20)24)30-28(37)12-26-32(31(30)38)40-34(41-33(26)43-15-21-5-6-22(16-43)39-21)45-18-35(8-9-35)17-42-13-19(2)14-42/h1,4,7,10-12,19,21-22,39,44H,5-6,8-9,13-18H2,2H3. The average Bonchev–Trinajstić information content (AvgIpc) is 3.69. The molecule has 3 saturated heterocycles. The number of phenols is 1. The summed E-state index contributed by atoms with van der Waals surface area (Å²) in [5.74, 6) is 0.669. The summed E-state index contributed by atoms with van der Waals surface area (Å²) in [5, 5.41) is 14.8. The molecule has 1 saturated carbocycles. The summed E-state index contributed by atoms with van der Waals surface area (Å²) in [4.78, 5) is 13.8. The topological polar surface area (TPSA) is 73.8 Å². The number of ether oxygens (including phenoxy) is 1. The highest BCUT2D eigenvalue weighted by atomic mass is 19.1. The Bertz CT molecular complexity index is 1890. The lowest BCUT2D eigenvalue weighted by Crippen LogP contribution is -2.51. The van der Waals surface area contributed by atoms with Gasteiger partial charge in [-0.1, -0.05) is 18.9 Å². The van der Waals surface area contributed by atoms with E-state index < -0.39 is 23.0 Å². The fourth-order valence-electron chi connectivity index (χ4n) is 7.62. The van der Waals surface area contributed by atoms with Gasteiger partial charge < -0.3 is 25.0 Å². The Kier molecular flexibility index (Phi) is 6.63. The van der Waals surface area contributed by atoms with Crippen molar-refractivity contribution in [2.75, 3.05) is 44.2 Å². The molecule has 0 spiro atoms. The number of nitrogens with zero attached hydrogens (tertiary/aromatic N) is 4. The predicted octanol–water partition coefficient (Wildman–Crippen LogP) is 5.61. The first-order chi connectivity index (χ1) is 21.7. The molecule has 2 bridgehead atoms. The number of nitrogens with one attached hydrogen (secondary N) is 1. The van der Waals surface area contributed by atoms with E-state index >= 15 is 8.78 Å². The van der Waals surface area contributed by atoms with Crippen LogP contribution >= 0.6 is 0 Å². The molecule has 2 atom stereocenters. The minimum Gasteiger partial charge on any atom is -0.508 e. The second-order valence-corrected chi connectivity index (χ2v) is 13.6. The summed E-state index contributed by atoms with van der Waals surface area (Å²) in [7, 11) is 0. The zero-order valence-corrected chi connectivity index (χ0v) is 25.0. The number of halogens is 3. The summed E-state index contributed by atoms with van der Waals surface area (Å²) in [6.45, 7) is 7.05. The SMILES string of the molecule is C#Cc1c(F)ccc2cc(O)cc(-c3c(F)cc4c(N5CC6CCC(C5)N6)nc(OCC5(CN6CC(C)C6)CC5)nc4c3F)c12. The first-order valence-corrected chi connectivity index (χ1v) is 15.7. The molecule has 7 nitrogen and oxygen atoms in total. The van der Waals surface area contributed by atoms with Crippen LogP contribution in [-0.2, 0) is 0 Å². The van der Waals surface area contributed by atoms with Crippen molar-refractivity contribution in [3.05, 3.63) is 53.3 Å². The molecule has 4 fully saturated rings. The maximum atomic E-state index is 16.8. The molecule has 0 amide bonds. The van der Waals surface area contributed by atoms with Gasteiger partial charge in [-0.05, 0) is 61.3 Å². The van der Waals surface area contributed by atoms with Gasteiger partial charge in [0, 0.05) is 66.6 Å². The van der Waals surface area contributed by atoms with E-state index in [0.29, 0.717) is 36.8 Å². The highest BCUT2D eigenvalue weighted by Crippen LogP contribution is 2.48. The number of anilines is 1. The Hall–Kier alpha value is -4.07. The van der Waals surface area contributed by atoms with E-state index in [9.17, 15) is 9.50 Å². The van der Waals surface area contributed by atoms with Crippen molar-refractivity contribution < 1.29 is 23.0 Å². The lowest BCUT2D eigenvalue weighted by molar-refractivity contribution is 0.0688. The van der Waals surface area contributed by atoms with E-state index in [-0.39, 0.29) is 56.7 Å². The number of rotatable bonds is 7. The first kappa shape index (κ1) is 28.4. The quantitative estimate of drug-likeness (QED) is 0.263. The third kappa shape index (κ3) is 4.93. The van der Waals surface area contributed by atoms with Crippen molar-refractivity contribution in [3.63, 3.8) is 0 Å². The largest absolute Gasteiger partial charge is 0.508 e.